The summed E-state index contributed by atoms with van der Waals surface area (Å²) >= 11 is 0. The lowest BCUT2D eigenvalue weighted by atomic mass is 9.79. The van der Waals surface area contributed by atoms with Gasteiger partial charge in [-0.15, -0.1) is 12.4 Å². The van der Waals surface area contributed by atoms with Crippen molar-refractivity contribution in [2.45, 2.75) is 12.8 Å². The van der Waals surface area contributed by atoms with Crippen LogP contribution in [0.3, 0.4) is 0 Å². The van der Waals surface area contributed by atoms with Crippen molar-refractivity contribution in [2.75, 3.05) is 47.1 Å². The van der Waals surface area contributed by atoms with E-state index < -0.39 is 0 Å². The van der Waals surface area contributed by atoms with Crippen LogP contribution in [-0.2, 0) is 9.53 Å². The Morgan fingerprint density at radius 2 is 1.96 bits per heavy atom. The molecule has 2 N–H and O–H groups in total. The topological polar surface area (TPSA) is 68.8 Å². The average Bonchev–Trinajstić information content (AvgIpc) is 2.59. The van der Waals surface area contributed by atoms with Crippen LogP contribution in [0.5, 0.6) is 11.5 Å². The largest absolute Gasteiger partial charge is 0.497 e. The second-order valence-electron chi connectivity index (χ2n) is 5.93. The molecule has 0 unspecified atom stereocenters. The highest BCUT2D eigenvalue weighted by Gasteiger charge is 2.32. The molecule has 0 saturated carbocycles. The summed E-state index contributed by atoms with van der Waals surface area (Å²) < 4.78 is 16.0. The van der Waals surface area contributed by atoms with E-state index in [0.29, 0.717) is 24.7 Å². The Kier molecular flexibility index (Phi) is 8.89. The second kappa shape index (κ2) is 10.4. The van der Waals surface area contributed by atoms with Gasteiger partial charge in [-0.3, -0.25) is 4.79 Å². The van der Waals surface area contributed by atoms with Crippen LogP contribution in [0.15, 0.2) is 24.3 Å². The van der Waals surface area contributed by atoms with Crippen LogP contribution in [0.2, 0.25) is 0 Å². The van der Waals surface area contributed by atoms with E-state index in [-0.39, 0.29) is 30.3 Å². The van der Waals surface area contributed by atoms with Gasteiger partial charge in [0, 0.05) is 25.1 Å². The van der Waals surface area contributed by atoms with Gasteiger partial charge >= 0.3 is 0 Å². The minimum absolute atomic E-state index is 0. The quantitative estimate of drug-likeness (QED) is 0.739. The maximum Gasteiger partial charge on any atom is 0.257 e. The Balaban J connectivity index is 0.00000288. The molecule has 0 bridgehead atoms. The summed E-state index contributed by atoms with van der Waals surface area (Å²) in [5.74, 6) is 1.20. The Labute approximate surface area is 149 Å². The van der Waals surface area contributed by atoms with Crippen molar-refractivity contribution >= 4 is 18.3 Å². The minimum atomic E-state index is -0.123. The first kappa shape index (κ1) is 20.5. The monoisotopic (exact) mass is 358 g/mol. The number of piperidine rings is 1. The third-order valence-corrected chi connectivity index (χ3v) is 4.19. The summed E-state index contributed by atoms with van der Waals surface area (Å²) in [6.07, 6.45) is 2.00. The summed E-state index contributed by atoms with van der Waals surface area (Å²) in [4.78, 5) is 12.0. The molecule has 0 aromatic heterocycles. The van der Waals surface area contributed by atoms with Gasteiger partial charge in [0.25, 0.3) is 5.91 Å². The third-order valence-electron chi connectivity index (χ3n) is 4.19. The summed E-state index contributed by atoms with van der Waals surface area (Å²) in [5, 5.41) is 6.31. The molecule has 24 heavy (non-hydrogen) atoms. The van der Waals surface area contributed by atoms with Crippen molar-refractivity contribution in [3.63, 3.8) is 0 Å². The summed E-state index contributed by atoms with van der Waals surface area (Å²) in [5.41, 5.74) is 0.0195. The average molecular weight is 359 g/mol. The minimum Gasteiger partial charge on any atom is -0.497 e. The van der Waals surface area contributed by atoms with Crippen LogP contribution in [0.1, 0.15) is 12.8 Å². The maximum atomic E-state index is 12.0. The van der Waals surface area contributed by atoms with Crippen LogP contribution in [-0.4, -0.2) is 53.0 Å². The number of hydrogen-bond acceptors (Lipinski definition) is 5. The maximum absolute atomic E-state index is 12.0. The molecule has 0 atom stereocenters. The lowest BCUT2D eigenvalue weighted by molar-refractivity contribution is -0.124. The number of nitrogens with one attached hydrogen (secondary N) is 2. The van der Waals surface area contributed by atoms with E-state index in [0.717, 1.165) is 25.9 Å². The first-order chi connectivity index (χ1) is 11.2. The van der Waals surface area contributed by atoms with E-state index >= 15 is 0 Å². The molecule has 1 aromatic rings. The fourth-order valence-electron chi connectivity index (χ4n) is 2.81. The number of carbonyl (C=O) groups is 1. The van der Waals surface area contributed by atoms with Crippen molar-refractivity contribution in [2.24, 2.45) is 5.41 Å². The Morgan fingerprint density at radius 1 is 1.25 bits per heavy atom. The van der Waals surface area contributed by atoms with Gasteiger partial charge in [0.2, 0.25) is 0 Å². The van der Waals surface area contributed by atoms with Crippen molar-refractivity contribution < 1.29 is 19.0 Å². The molecule has 1 amide bonds. The van der Waals surface area contributed by atoms with E-state index in [1.165, 1.54) is 0 Å². The number of amides is 1. The van der Waals surface area contributed by atoms with Crippen LogP contribution < -0.4 is 20.1 Å². The first-order valence-corrected chi connectivity index (χ1v) is 7.91. The number of halogens is 1. The van der Waals surface area contributed by atoms with Gasteiger partial charge in [-0.1, -0.05) is 6.07 Å². The lowest BCUT2D eigenvalue weighted by Crippen LogP contribution is -2.47. The number of hydrogen-bond donors (Lipinski definition) is 2. The standard InChI is InChI=1S/C17H26N2O4.ClH/c1-21-13-17(6-8-18-9-7-17)12-19-16(20)11-23-15-5-3-4-14(10-15)22-2;/h3-5,10,18H,6-9,11-13H2,1-2H3,(H,19,20);1H. The fourth-order valence-corrected chi connectivity index (χ4v) is 2.81. The van der Waals surface area contributed by atoms with Crippen molar-refractivity contribution in [3.8, 4) is 11.5 Å². The molecule has 1 saturated heterocycles. The fraction of sp³-hybridized carbons (Fsp3) is 0.588. The number of ether oxygens (including phenoxy) is 3. The highest BCUT2D eigenvalue weighted by molar-refractivity contribution is 5.85. The highest BCUT2D eigenvalue weighted by atomic mass is 35.5. The Hall–Kier alpha value is -1.50. The predicted molar refractivity (Wildman–Crippen MR) is 95.2 cm³/mol. The number of carbonyl (C=O) groups excluding carboxylic acids is 1. The molecule has 1 aromatic carbocycles. The zero-order chi connectivity index (χ0) is 16.5. The van der Waals surface area contributed by atoms with E-state index in [9.17, 15) is 4.79 Å². The predicted octanol–water partition coefficient (Wildman–Crippen LogP) is 1.63. The molecular formula is C17H27ClN2O4. The van der Waals surface area contributed by atoms with Crippen molar-refractivity contribution in [3.05, 3.63) is 24.3 Å². The number of rotatable bonds is 8. The second-order valence-corrected chi connectivity index (χ2v) is 5.93. The normalized spacial score (nSPS) is 15.9. The zero-order valence-corrected chi connectivity index (χ0v) is 15.1. The Morgan fingerprint density at radius 3 is 2.62 bits per heavy atom. The van der Waals surface area contributed by atoms with E-state index in [1.807, 2.05) is 12.1 Å². The molecular weight excluding hydrogens is 332 g/mol. The van der Waals surface area contributed by atoms with Crippen LogP contribution in [0, 0.1) is 5.41 Å². The van der Waals surface area contributed by atoms with Gasteiger partial charge in [0.05, 0.1) is 13.7 Å². The summed E-state index contributed by atoms with van der Waals surface area (Å²) in [6.45, 7) is 3.18. The molecule has 0 radical (unpaired) electrons. The van der Waals surface area contributed by atoms with Gasteiger partial charge in [0.1, 0.15) is 11.5 Å². The molecule has 1 fully saturated rings. The molecule has 1 aliphatic rings. The van der Waals surface area contributed by atoms with Crippen LogP contribution in [0.25, 0.3) is 0 Å². The molecule has 2 rings (SSSR count). The van der Waals surface area contributed by atoms with E-state index in [2.05, 4.69) is 10.6 Å². The molecule has 6 nitrogen and oxygen atoms in total. The van der Waals surface area contributed by atoms with Crippen LogP contribution in [0.4, 0.5) is 0 Å². The third kappa shape index (κ3) is 6.19. The zero-order valence-electron chi connectivity index (χ0n) is 14.3. The summed E-state index contributed by atoms with van der Waals surface area (Å²) in [7, 11) is 3.30. The molecule has 1 aliphatic heterocycles. The van der Waals surface area contributed by atoms with Crippen molar-refractivity contribution in [1.82, 2.24) is 10.6 Å². The van der Waals surface area contributed by atoms with Gasteiger partial charge in [-0.05, 0) is 38.1 Å². The highest BCUT2D eigenvalue weighted by Crippen LogP contribution is 2.28. The van der Waals surface area contributed by atoms with E-state index in [1.54, 1.807) is 26.4 Å². The number of benzene rings is 1. The van der Waals surface area contributed by atoms with Crippen LogP contribution >= 0.6 is 12.4 Å². The molecule has 0 aliphatic carbocycles. The molecule has 7 heteroatoms. The van der Waals surface area contributed by atoms with Gasteiger partial charge in [-0.25, -0.2) is 0 Å². The Bertz CT molecular complexity index is 502. The number of methoxy groups -OCH3 is 2. The SMILES string of the molecule is COCC1(CNC(=O)COc2cccc(OC)c2)CCNCC1.Cl. The molecule has 0 spiro atoms. The molecule has 1 heterocycles. The van der Waals surface area contributed by atoms with E-state index in [4.69, 9.17) is 14.2 Å². The van der Waals surface area contributed by atoms with Crippen molar-refractivity contribution in [1.29, 1.82) is 0 Å². The first-order valence-electron chi connectivity index (χ1n) is 7.91. The summed E-state index contributed by atoms with van der Waals surface area (Å²) in [6, 6.07) is 7.22. The molecule has 136 valence electrons. The van der Waals surface area contributed by atoms with Gasteiger partial charge in [-0.2, -0.15) is 0 Å². The van der Waals surface area contributed by atoms with Gasteiger partial charge in [0.15, 0.2) is 6.61 Å². The smallest absolute Gasteiger partial charge is 0.257 e. The lowest BCUT2D eigenvalue weighted by Gasteiger charge is -2.37. The van der Waals surface area contributed by atoms with Gasteiger partial charge < -0.3 is 24.8 Å².